The minimum Gasteiger partial charge on any atom is -0.369 e. The van der Waals surface area contributed by atoms with Crippen molar-refractivity contribution in [1.82, 2.24) is 10.2 Å². The minimum atomic E-state index is 0.821. The van der Waals surface area contributed by atoms with Crippen LogP contribution in [0.1, 0.15) is 18.1 Å². The van der Waals surface area contributed by atoms with Gasteiger partial charge < -0.3 is 5.32 Å². The Bertz CT molecular complexity index is 503. The van der Waals surface area contributed by atoms with Crippen molar-refractivity contribution in [2.24, 2.45) is 0 Å². The summed E-state index contributed by atoms with van der Waals surface area (Å²) in [5.41, 5.74) is 4.54. The number of benzene rings is 1. The average Bonchev–Trinajstić information content (AvgIpc) is 2.34. The van der Waals surface area contributed by atoms with Crippen molar-refractivity contribution >= 4 is 5.82 Å². The largest absolute Gasteiger partial charge is 0.369 e. The number of nitrogens with one attached hydrogen (secondary N) is 1. The molecule has 2 aromatic rings. The maximum absolute atomic E-state index is 4.26. The van der Waals surface area contributed by atoms with Crippen molar-refractivity contribution in [2.75, 3.05) is 11.9 Å². The van der Waals surface area contributed by atoms with Gasteiger partial charge in [0.2, 0.25) is 0 Å². The van der Waals surface area contributed by atoms with Crippen LogP contribution in [0.3, 0.4) is 0 Å². The number of hydrogen-bond donors (Lipinski definition) is 1. The van der Waals surface area contributed by atoms with Crippen molar-refractivity contribution < 1.29 is 0 Å². The summed E-state index contributed by atoms with van der Waals surface area (Å²) in [5.74, 6) is 0.821. The molecule has 1 aromatic carbocycles. The van der Waals surface area contributed by atoms with E-state index < -0.39 is 0 Å². The van der Waals surface area contributed by atoms with Crippen LogP contribution in [0.25, 0.3) is 11.3 Å². The van der Waals surface area contributed by atoms with E-state index in [1.54, 1.807) is 0 Å². The average molecular weight is 227 g/mol. The first-order valence-corrected chi connectivity index (χ1v) is 5.86. The van der Waals surface area contributed by atoms with E-state index in [2.05, 4.69) is 47.6 Å². The molecule has 0 fully saturated rings. The van der Waals surface area contributed by atoms with E-state index in [-0.39, 0.29) is 0 Å². The third-order valence-electron chi connectivity index (χ3n) is 2.69. The predicted octanol–water partition coefficient (Wildman–Crippen LogP) is 3.19. The smallest absolute Gasteiger partial charge is 0.148 e. The summed E-state index contributed by atoms with van der Waals surface area (Å²) in [6.45, 7) is 7.08. The summed E-state index contributed by atoms with van der Waals surface area (Å²) in [6, 6.07) is 10.3. The summed E-state index contributed by atoms with van der Waals surface area (Å²) in [5, 5.41) is 11.6. The van der Waals surface area contributed by atoms with Gasteiger partial charge in [0.25, 0.3) is 0 Å². The zero-order valence-electron chi connectivity index (χ0n) is 10.5. The molecule has 17 heavy (non-hydrogen) atoms. The Morgan fingerprint density at radius 2 is 1.88 bits per heavy atom. The monoisotopic (exact) mass is 227 g/mol. The van der Waals surface area contributed by atoms with Gasteiger partial charge in [-0.2, -0.15) is 0 Å². The summed E-state index contributed by atoms with van der Waals surface area (Å²) < 4.78 is 0. The van der Waals surface area contributed by atoms with Gasteiger partial charge in [0, 0.05) is 12.1 Å². The molecule has 0 unspecified atom stereocenters. The lowest BCUT2D eigenvalue weighted by Gasteiger charge is -2.07. The highest BCUT2D eigenvalue weighted by atomic mass is 15.2. The van der Waals surface area contributed by atoms with Crippen LogP contribution in [0.15, 0.2) is 30.3 Å². The number of rotatable bonds is 3. The highest BCUT2D eigenvalue weighted by Gasteiger charge is 2.04. The number of aryl methyl sites for hydroxylation is 2. The molecule has 0 amide bonds. The molecule has 1 heterocycles. The van der Waals surface area contributed by atoms with Gasteiger partial charge in [-0.25, -0.2) is 0 Å². The van der Waals surface area contributed by atoms with E-state index in [1.165, 1.54) is 11.1 Å². The van der Waals surface area contributed by atoms with Gasteiger partial charge >= 0.3 is 0 Å². The van der Waals surface area contributed by atoms with E-state index in [9.17, 15) is 0 Å². The molecule has 3 nitrogen and oxygen atoms in total. The quantitative estimate of drug-likeness (QED) is 0.875. The van der Waals surface area contributed by atoms with Crippen molar-refractivity contribution in [3.05, 3.63) is 41.5 Å². The summed E-state index contributed by atoms with van der Waals surface area (Å²) >= 11 is 0. The van der Waals surface area contributed by atoms with Gasteiger partial charge in [-0.3, -0.25) is 0 Å². The third-order valence-corrected chi connectivity index (χ3v) is 2.69. The first-order valence-electron chi connectivity index (χ1n) is 5.86. The number of hydrogen-bond acceptors (Lipinski definition) is 3. The fourth-order valence-electron chi connectivity index (χ4n) is 1.76. The molecule has 0 aliphatic rings. The fourth-order valence-corrected chi connectivity index (χ4v) is 1.76. The van der Waals surface area contributed by atoms with Gasteiger partial charge in [-0.1, -0.05) is 17.7 Å². The topological polar surface area (TPSA) is 37.8 Å². The molecule has 0 saturated heterocycles. The molecule has 0 aliphatic heterocycles. The molecular weight excluding hydrogens is 210 g/mol. The second kappa shape index (κ2) is 4.95. The SMILES string of the molecule is CCNc1ccc(-c2cc(C)ccc2C)nn1. The van der Waals surface area contributed by atoms with Gasteiger partial charge in [-0.15, -0.1) is 10.2 Å². The maximum atomic E-state index is 4.26. The first-order chi connectivity index (χ1) is 8.20. The van der Waals surface area contributed by atoms with Crippen LogP contribution in [-0.4, -0.2) is 16.7 Å². The normalized spacial score (nSPS) is 10.3. The van der Waals surface area contributed by atoms with E-state index in [0.29, 0.717) is 0 Å². The summed E-state index contributed by atoms with van der Waals surface area (Å²) in [6.07, 6.45) is 0. The van der Waals surface area contributed by atoms with Crippen LogP contribution in [0.4, 0.5) is 5.82 Å². The molecule has 2 rings (SSSR count). The van der Waals surface area contributed by atoms with E-state index in [0.717, 1.165) is 23.6 Å². The second-order valence-corrected chi connectivity index (χ2v) is 4.15. The number of anilines is 1. The lowest BCUT2D eigenvalue weighted by Crippen LogP contribution is -2.00. The van der Waals surface area contributed by atoms with Crippen LogP contribution in [0, 0.1) is 13.8 Å². The van der Waals surface area contributed by atoms with Crippen molar-refractivity contribution in [1.29, 1.82) is 0 Å². The zero-order valence-corrected chi connectivity index (χ0v) is 10.5. The Labute approximate surface area is 102 Å². The molecule has 1 aromatic heterocycles. The highest BCUT2D eigenvalue weighted by Crippen LogP contribution is 2.22. The minimum absolute atomic E-state index is 0.821. The Morgan fingerprint density at radius 1 is 1.06 bits per heavy atom. The molecule has 0 aliphatic carbocycles. The van der Waals surface area contributed by atoms with Gasteiger partial charge in [0.1, 0.15) is 5.82 Å². The summed E-state index contributed by atoms with van der Waals surface area (Å²) in [4.78, 5) is 0. The van der Waals surface area contributed by atoms with Crippen molar-refractivity contribution in [3.63, 3.8) is 0 Å². The molecule has 1 N–H and O–H groups in total. The van der Waals surface area contributed by atoms with Gasteiger partial charge in [0.05, 0.1) is 5.69 Å². The van der Waals surface area contributed by atoms with E-state index in [1.807, 2.05) is 19.1 Å². The molecule has 3 heteroatoms. The molecule has 88 valence electrons. The molecular formula is C14H17N3. The molecule has 0 saturated carbocycles. The lowest BCUT2D eigenvalue weighted by atomic mass is 10.0. The second-order valence-electron chi connectivity index (χ2n) is 4.15. The third kappa shape index (κ3) is 2.61. The van der Waals surface area contributed by atoms with Crippen molar-refractivity contribution in [2.45, 2.75) is 20.8 Å². The Balaban J connectivity index is 2.36. The number of aromatic nitrogens is 2. The zero-order chi connectivity index (χ0) is 12.3. The fraction of sp³-hybridized carbons (Fsp3) is 0.286. The molecule has 0 bridgehead atoms. The summed E-state index contributed by atoms with van der Waals surface area (Å²) in [7, 11) is 0. The van der Waals surface area contributed by atoms with Crippen molar-refractivity contribution in [3.8, 4) is 11.3 Å². The van der Waals surface area contributed by atoms with E-state index >= 15 is 0 Å². The lowest BCUT2D eigenvalue weighted by molar-refractivity contribution is 1.02. The van der Waals surface area contributed by atoms with Gasteiger partial charge in [0.15, 0.2) is 0 Å². The maximum Gasteiger partial charge on any atom is 0.148 e. The van der Waals surface area contributed by atoms with Crippen LogP contribution >= 0.6 is 0 Å². The van der Waals surface area contributed by atoms with Crippen LogP contribution in [-0.2, 0) is 0 Å². The standard InChI is InChI=1S/C14H17N3/c1-4-15-14-8-7-13(16-17-14)12-9-10(2)5-6-11(12)3/h5-9H,4H2,1-3H3,(H,15,17). The molecule has 0 spiro atoms. The number of nitrogens with zero attached hydrogens (tertiary/aromatic N) is 2. The van der Waals surface area contributed by atoms with E-state index in [4.69, 9.17) is 0 Å². The van der Waals surface area contributed by atoms with Crippen LogP contribution in [0.2, 0.25) is 0 Å². The van der Waals surface area contributed by atoms with Crippen LogP contribution < -0.4 is 5.32 Å². The highest BCUT2D eigenvalue weighted by molar-refractivity contribution is 5.64. The first kappa shape index (κ1) is 11.6. The molecule has 0 atom stereocenters. The molecule has 0 radical (unpaired) electrons. The Hall–Kier alpha value is -1.90. The van der Waals surface area contributed by atoms with Gasteiger partial charge in [-0.05, 0) is 44.5 Å². The Morgan fingerprint density at radius 3 is 2.53 bits per heavy atom. The Kier molecular flexibility index (Phi) is 3.38. The van der Waals surface area contributed by atoms with Crippen LogP contribution in [0.5, 0.6) is 0 Å². The predicted molar refractivity (Wildman–Crippen MR) is 71.1 cm³/mol.